The number of hydrogen-bond acceptors (Lipinski definition) is 10. The van der Waals surface area contributed by atoms with E-state index in [9.17, 15) is 37.5 Å². The highest BCUT2D eigenvalue weighted by Gasteiger charge is 2.61. The van der Waals surface area contributed by atoms with Crippen LogP contribution in [0.1, 0.15) is 65.7 Å². The lowest BCUT2D eigenvalue weighted by Gasteiger charge is -2.30. The maximum atomic E-state index is 13.8. The summed E-state index contributed by atoms with van der Waals surface area (Å²) in [5.41, 5.74) is -2.47. The van der Waals surface area contributed by atoms with Crippen molar-refractivity contribution in [2.45, 2.75) is 99.9 Å². The predicted molar refractivity (Wildman–Crippen MR) is 172 cm³/mol. The monoisotopic (exact) mass is 691 g/mol. The van der Waals surface area contributed by atoms with Crippen LogP contribution in [0.2, 0.25) is 0 Å². The lowest BCUT2D eigenvalue weighted by Crippen LogP contribution is -2.58. The number of nitrogens with one attached hydrogen (secondary N) is 4. The molecule has 15 nitrogen and oxygen atoms in total. The van der Waals surface area contributed by atoms with Crippen LogP contribution in [-0.2, 0) is 33.9 Å². The van der Waals surface area contributed by atoms with E-state index in [0.29, 0.717) is 12.8 Å². The third-order valence-corrected chi connectivity index (χ3v) is 9.73. The van der Waals surface area contributed by atoms with E-state index < -0.39 is 81.6 Å². The summed E-state index contributed by atoms with van der Waals surface area (Å²) >= 11 is 0. The summed E-state index contributed by atoms with van der Waals surface area (Å²) in [6, 6.07) is 3.29. The first-order valence-corrected chi connectivity index (χ1v) is 17.5. The molecule has 48 heavy (non-hydrogen) atoms. The number of allylic oxidation sites excluding steroid dienone is 1. The summed E-state index contributed by atoms with van der Waals surface area (Å²) in [6.45, 7) is 4.45. The molecule has 5 N–H and O–H groups in total. The number of sulfonamides is 1. The molecule has 2 heterocycles. The van der Waals surface area contributed by atoms with Crippen molar-refractivity contribution in [1.29, 1.82) is 0 Å². The van der Waals surface area contributed by atoms with Gasteiger partial charge in [-0.15, -0.1) is 0 Å². The zero-order chi connectivity index (χ0) is 35.3. The zero-order valence-corrected chi connectivity index (χ0v) is 28.4. The summed E-state index contributed by atoms with van der Waals surface area (Å²) in [5.74, 6) is -3.50. The Balaban J connectivity index is 1.59. The lowest BCUT2D eigenvalue weighted by atomic mass is 10.0. The van der Waals surface area contributed by atoms with Crippen molar-refractivity contribution in [3.8, 4) is 5.75 Å². The first kappa shape index (κ1) is 36.7. The van der Waals surface area contributed by atoms with Gasteiger partial charge in [0.05, 0.1) is 6.10 Å². The number of rotatable bonds is 7. The van der Waals surface area contributed by atoms with Crippen molar-refractivity contribution in [2.75, 3.05) is 20.2 Å². The quantitative estimate of drug-likeness (QED) is 0.255. The fourth-order valence-corrected chi connectivity index (χ4v) is 7.01. The van der Waals surface area contributed by atoms with Gasteiger partial charge in [0.1, 0.15) is 33.9 Å². The molecule has 3 aliphatic rings. The number of nitrogens with zero attached hydrogens (tertiary/aromatic N) is 1. The molecule has 0 unspecified atom stereocenters. The molecule has 5 amide bonds. The number of alkyl carbamates (subject to hydrolysis) is 1. The maximum absolute atomic E-state index is 13.8. The van der Waals surface area contributed by atoms with Gasteiger partial charge in [-0.3, -0.25) is 19.2 Å². The minimum atomic E-state index is -4.54. The molecule has 1 aromatic carbocycles. The SMILES string of the molecule is CNC(=O)COc1ccccc1S(=O)(=O)NC(=O)[C@@]12C[C@H]1/C=C\CCCCC[C@H](NC(=O)OC(C)(C)C)C(=O)N1C[C@H](O)C[C@H]1C(=O)N2. The summed E-state index contributed by atoms with van der Waals surface area (Å²) in [6.07, 6.45) is 4.76. The summed E-state index contributed by atoms with van der Waals surface area (Å²) in [4.78, 5) is 66.6. The highest BCUT2D eigenvalue weighted by molar-refractivity contribution is 7.90. The van der Waals surface area contributed by atoms with Crippen LogP contribution < -0.4 is 25.4 Å². The Morgan fingerprint density at radius 1 is 1.12 bits per heavy atom. The number of para-hydroxylation sites is 1. The van der Waals surface area contributed by atoms with Crippen molar-refractivity contribution in [1.82, 2.24) is 25.6 Å². The van der Waals surface area contributed by atoms with Crippen LogP contribution in [0.4, 0.5) is 4.79 Å². The Morgan fingerprint density at radius 2 is 1.85 bits per heavy atom. The molecule has 264 valence electrons. The third-order valence-electron chi connectivity index (χ3n) is 8.36. The average Bonchev–Trinajstić information content (AvgIpc) is 3.56. The molecule has 2 fully saturated rings. The largest absolute Gasteiger partial charge is 0.482 e. The highest BCUT2D eigenvalue weighted by atomic mass is 32.2. The predicted octanol–water partition coefficient (Wildman–Crippen LogP) is 0.867. The van der Waals surface area contributed by atoms with Gasteiger partial charge in [0.25, 0.3) is 21.8 Å². The van der Waals surface area contributed by atoms with Crippen LogP contribution in [0.3, 0.4) is 0 Å². The topological polar surface area (TPSA) is 210 Å². The second-order valence-electron chi connectivity index (χ2n) is 13.3. The highest BCUT2D eigenvalue weighted by Crippen LogP contribution is 2.46. The van der Waals surface area contributed by atoms with Gasteiger partial charge in [-0.25, -0.2) is 17.9 Å². The van der Waals surface area contributed by atoms with E-state index in [0.717, 1.165) is 12.8 Å². The van der Waals surface area contributed by atoms with E-state index in [2.05, 4.69) is 20.7 Å². The number of carbonyl (C=O) groups is 5. The summed E-state index contributed by atoms with van der Waals surface area (Å²) in [5, 5.41) is 18.2. The number of carbonyl (C=O) groups excluding carboxylic acids is 5. The standard InChI is InChI=1S/C32H45N5O10S/c1-31(2,3)47-30(43)34-22-13-9-7-5-6-8-12-20-17-32(20,35-27(40)23-16-21(38)18-37(23)28(22)41)29(42)36-48(44,45)25-15-11-10-14-24(25)46-19-26(39)33-4/h8,10-12,14-15,20-23,38H,5-7,9,13,16-19H2,1-4H3,(H,33,39)(H,34,43)(H,35,40)(H,36,42)/b12-8-/t20-,21-,22+,23+,32-/m1/s1. The Morgan fingerprint density at radius 3 is 2.56 bits per heavy atom. The number of aliphatic hydroxyl groups excluding tert-OH is 1. The number of amides is 5. The average molecular weight is 692 g/mol. The molecular weight excluding hydrogens is 646 g/mol. The van der Waals surface area contributed by atoms with Crippen LogP contribution in [-0.4, -0.2) is 97.7 Å². The molecule has 1 saturated carbocycles. The number of aliphatic hydroxyl groups is 1. The van der Waals surface area contributed by atoms with Gasteiger partial charge in [0.15, 0.2) is 6.61 Å². The maximum Gasteiger partial charge on any atom is 0.408 e. The van der Waals surface area contributed by atoms with E-state index in [-0.39, 0.29) is 36.5 Å². The molecule has 0 radical (unpaired) electrons. The Hall–Kier alpha value is -4.18. The number of benzene rings is 1. The van der Waals surface area contributed by atoms with E-state index in [4.69, 9.17) is 9.47 Å². The number of fused-ring (bicyclic) bond motifs is 2. The van der Waals surface area contributed by atoms with Crippen molar-refractivity contribution >= 4 is 39.7 Å². The number of ether oxygens (including phenoxy) is 2. The molecule has 5 atom stereocenters. The lowest BCUT2D eigenvalue weighted by molar-refractivity contribution is -0.141. The number of likely N-dealkylation sites (N-methyl/N-ethyl adjacent to an activating group) is 1. The van der Waals surface area contributed by atoms with E-state index in [1.807, 2.05) is 6.08 Å². The fraction of sp³-hybridized carbons (Fsp3) is 0.594. The molecule has 4 rings (SSSR count). The van der Waals surface area contributed by atoms with E-state index in [1.54, 1.807) is 26.8 Å². The van der Waals surface area contributed by atoms with Crippen molar-refractivity contribution in [3.05, 3.63) is 36.4 Å². The summed E-state index contributed by atoms with van der Waals surface area (Å²) < 4.78 is 39.7. The molecule has 0 bridgehead atoms. The third kappa shape index (κ3) is 9.04. The molecular formula is C32H45N5O10S. The van der Waals surface area contributed by atoms with Gasteiger partial charge < -0.3 is 35.4 Å². The second kappa shape index (κ2) is 14.9. The number of hydrogen-bond donors (Lipinski definition) is 5. The van der Waals surface area contributed by atoms with Crippen LogP contribution in [0.5, 0.6) is 5.75 Å². The van der Waals surface area contributed by atoms with Crippen molar-refractivity contribution in [3.63, 3.8) is 0 Å². The molecule has 0 aromatic heterocycles. The van der Waals surface area contributed by atoms with E-state index in [1.165, 1.54) is 36.2 Å². The van der Waals surface area contributed by atoms with Crippen molar-refractivity contribution in [2.24, 2.45) is 5.92 Å². The Kier molecular flexibility index (Phi) is 11.4. The summed E-state index contributed by atoms with van der Waals surface area (Å²) in [7, 11) is -3.14. The molecule has 1 aromatic rings. The molecule has 1 aliphatic carbocycles. The Labute approximate surface area is 280 Å². The van der Waals surface area contributed by atoms with Gasteiger partial charge in [0, 0.05) is 25.9 Å². The molecule has 16 heteroatoms. The van der Waals surface area contributed by atoms with Crippen LogP contribution in [0.15, 0.2) is 41.3 Å². The van der Waals surface area contributed by atoms with Gasteiger partial charge in [-0.05, 0) is 58.6 Å². The fourth-order valence-electron chi connectivity index (χ4n) is 5.82. The zero-order valence-electron chi connectivity index (χ0n) is 27.6. The van der Waals surface area contributed by atoms with Gasteiger partial charge in [-0.2, -0.15) is 0 Å². The van der Waals surface area contributed by atoms with Crippen LogP contribution >= 0.6 is 0 Å². The van der Waals surface area contributed by atoms with E-state index >= 15 is 0 Å². The minimum absolute atomic E-state index is 0.0947. The first-order valence-electron chi connectivity index (χ1n) is 16.0. The molecule has 0 spiro atoms. The van der Waals surface area contributed by atoms with Crippen LogP contribution in [0.25, 0.3) is 0 Å². The van der Waals surface area contributed by atoms with Crippen LogP contribution in [0, 0.1) is 5.92 Å². The van der Waals surface area contributed by atoms with Gasteiger partial charge in [0.2, 0.25) is 11.8 Å². The smallest absolute Gasteiger partial charge is 0.408 e. The van der Waals surface area contributed by atoms with Gasteiger partial charge >= 0.3 is 6.09 Å². The minimum Gasteiger partial charge on any atom is -0.482 e. The Bertz CT molecular complexity index is 1540. The second-order valence-corrected chi connectivity index (χ2v) is 14.9. The normalized spacial score (nSPS) is 27.1. The first-order chi connectivity index (χ1) is 22.6. The molecule has 2 aliphatic heterocycles. The van der Waals surface area contributed by atoms with Gasteiger partial charge in [-0.1, -0.05) is 37.1 Å². The van der Waals surface area contributed by atoms with Crippen molar-refractivity contribution < 1.29 is 47.0 Å². The molecule has 1 saturated heterocycles.